The minimum atomic E-state index is -1.58. The van der Waals surface area contributed by atoms with Crippen molar-refractivity contribution in [2.75, 3.05) is 27.9 Å². The highest BCUT2D eigenvalue weighted by Crippen LogP contribution is 2.53. The topological polar surface area (TPSA) is 68.2 Å². The van der Waals surface area contributed by atoms with E-state index in [0.717, 1.165) is 5.56 Å². The zero-order valence-electron chi connectivity index (χ0n) is 14.3. The summed E-state index contributed by atoms with van der Waals surface area (Å²) >= 11 is 0. The molecule has 1 atom stereocenters. The molecule has 2 aromatic rings. The van der Waals surface area contributed by atoms with Crippen LogP contribution in [0.5, 0.6) is 17.2 Å². The molecule has 0 radical (unpaired) electrons. The van der Waals surface area contributed by atoms with Crippen molar-refractivity contribution in [2.45, 2.75) is 12.1 Å². The quantitative estimate of drug-likeness (QED) is 0.924. The van der Waals surface area contributed by atoms with Crippen LogP contribution in [0, 0.1) is 0 Å². The normalized spacial score (nSPS) is 20.6. The van der Waals surface area contributed by atoms with Gasteiger partial charge in [-0.3, -0.25) is 4.79 Å². The molecule has 130 valence electrons. The fourth-order valence-corrected chi connectivity index (χ4v) is 3.96. The van der Waals surface area contributed by atoms with Gasteiger partial charge in [-0.1, -0.05) is 18.2 Å². The van der Waals surface area contributed by atoms with E-state index in [1.807, 2.05) is 12.1 Å². The third kappa shape index (κ3) is 1.85. The lowest BCUT2D eigenvalue weighted by atomic mass is 9.85. The average molecular weight is 341 g/mol. The fraction of sp³-hybridized carbons (Fsp3) is 0.316. The van der Waals surface area contributed by atoms with E-state index in [1.165, 1.54) is 19.1 Å². The Hall–Kier alpha value is -2.73. The number of carbonyl (C=O) groups excluding carboxylic acids is 1. The highest BCUT2D eigenvalue weighted by Gasteiger charge is 2.54. The van der Waals surface area contributed by atoms with Gasteiger partial charge in [0, 0.05) is 17.7 Å². The second-order valence-corrected chi connectivity index (χ2v) is 6.10. The smallest absolute Gasteiger partial charge is 0.257 e. The van der Waals surface area contributed by atoms with Crippen LogP contribution in [0.2, 0.25) is 0 Å². The number of carbonyl (C=O) groups is 1. The van der Waals surface area contributed by atoms with E-state index in [1.54, 1.807) is 25.3 Å². The first-order valence-corrected chi connectivity index (χ1v) is 8.04. The highest BCUT2D eigenvalue weighted by molar-refractivity contribution is 6.01. The molecule has 0 saturated carbocycles. The van der Waals surface area contributed by atoms with Gasteiger partial charge in [-0.2, -0.15) is 0 Å². The van der Waals surface area contributed by atoms with Crippen molar-refractivity contribution in [1.29, 1.82) is 0 Å². The summed E-state index contributed by atoms with van der Waals surface area (Å²) in [5, 5.41) is 11.7. The van der Waals surface area contributed by atoms with Crippen molar-refractivity contribution in [2.24, 2.45) is 0 Å². The number of hydrogen-bond donors (Lipinski definition) is 1. The molecule has 2 aromatic carbocycles. The molecular weight excluding hydrogens is 322 g/mol. The number of fused-ring (bicyclic) bond motifs is 5. The van der Waals surface area contributed by atoms with Crippen LogP contribution in [0.25, 0.3) is 0 Å². The predicted octanol–water partition coefficient (Wildman–Crippen LogP) is 1.92. The van der Waals surface area contributed by atoms with Crippen LogP contribution < -0.4 is 14.2 Å². The molecular formula is C19H19NO5. The van der Waals surface area contributed by atoms with Crippen molar-refractivity contribution in [3.8, 4) is 17.2 Å². The lowest BCUT2D eigenvalue weighted by molar-refractivity contribution is -0.0579. The van der Waals surface area contributed by atoms with E-state index in [4.69, 9.17) is 14.2 Å². The monoisotopic (exact) mass is 341 g/mol. The Morgan fingerprint density at radius 2 is 1.80 bits per heavy atom. The number of ether oxygens (including phenoxy) is 3. The van der Waals surface area contributed by atoms with Gasteiger partial charge in [0.05, 0.1) is 26.9 Å². The molecule has 1 amide bonds. The summed E-state index contributed by atoms with van der Waals surface area (Å²) < 4.78 is 16.5. The van der Waals surface area contributed by atoms with E-state index in [9.17, 15) is 9.90 Å². The maximum absolute atomic E-state index is 12.8. The number of rotatable bonds is 3. The third-order valence-corrected chi connectivity index (χ3v) is 5.03. The minimum absolute atomic E-state index is 0.180. The second kappa shape index (κ2) is 5.39. The van der Waals surface area contributed by atoms with Crippen LogP contribution in [0.4, 0.5) is 0 Å². The van der Waals surface area contributed by atoms with Gasteiger partial charge in [-0.25, -0.2) is 0 Å². The van der Waals surface area contributed by atoms with Crippen molar-refractivity contribution >= 4 is 5.91 Å². The fourth-order valence-electron chi connectivity index (χ4n) is 3.96. The zero-order chi connectivity index (χ0) is 17.8. The Bertz CT molecular complexity index is 878. The minimum Gasteiger partial charge on any atom is -0.493 e. The van der Waals surface area contributed by atoms with E-state index in [-0.39, 0.29) is 5.91 Å². The first kappa shape index (κ1) is 15.8. The number of nitrogens with zero attached hydrogens (tertiary/aromatic N) is 1. The molecule has 0 fully saturated rings. The molecule has 0 bridgehead atoms. The van der Waals surface area contributed by atoms with Gasteiger partial charge < -0.3 is 24.2 Å². The molecule has 2 heterocycles. The average Bonchev–Trinajstić information content (AvgIpc) is 2.88. The Morgan fingerprint density at radius 3 is 2.48 bits per heavy atom. The summed E-state index contributed by atoms with van der Waals surface area (Å²) in [6, 6.07) is 8.97. The van der Waals surface area contributed by atoms with Crippen LogP contribution in [0.3, 0.4) is 0 Å². The van der Waals surface area contributed by atoms with Crippen LogP contribution in [-0.2, 0) is 12.1 Å². The maximum Gasteiger partial charge on any atom is 0.257 e. The van der Waals surface area contributed by atoms with Crippen LogP contribution in [0.1, 0.15) is 27.0 Å². The summed E-state index contributed by atoms with van der Waals surface area (Å²) in [6.45, 7) is 0.412. The maximum atomic E-state index is 12.8. The van der Waals surface area contributed by atoms with Gasteiger partial charge in [0.2, 0.25) is 5.75 Å². The molecule has 25 heavy (non-hydrogen) atoms. The largest absolute Gasteiger partial charge is 0.493 e. The van der Waals surface area contributed by atoms with Gasteiger partial charge in [-0.05, 0) is 24.1 Å². The molecule has 1 unspecified atom stereocenters. The van der Waals surface area contributed by atoms with E-state index in [0.29, 0.717) is 46.9 Å². The number of aliphatic hydroxyl groups is 1. The van der Waals surface area contributed by atoms with Crippen molar-refractivity contribution in [3.63, 3.8) is 0 Å². The molecule has 0 aromatic heterocycles. The molecule has 6 heteroatoms. The Labute approximate surface area is 145 Å². The van der Waals surface area contributed by atoms with Crippen molar-refractivity contribution in [3.05, 3.63) is 52.6 Å². The molecule has 0 aliphatic carbocycles. The predicted molar refractivity (Wildman–Crippen MR) is 90.3 cm³/mol. The Kier molecular flexibility index (Phi) is 3.40. The Balaban J connectivity index is 2.07. The SMILES string of the molecule is COc1cc2c(c(OC)c1OC)C1(O)c3ccccc3C(=O)N1CC2. The molecule has 2 aliphatic rings. The van der Waals surface area contributed by atoms with E-state index < -0.39 is 5.72 Å². The van der Waals surface area contributed by atoms with Gasteiger partial charge in [0.1, 0.15) is 0 Å². The first-order valence-electron chi connectivity index (χ1n) is 8.04. The Morgan fingerprint density at radius 1 is 1.08 bits per heavy atom. The number of methoxy groups -OCH3 is 3. The molecule has 1 N–H and O–H groups in total. The zero-order valence-corrected chi connectivity index (χ0v) is 14.3. The molecule has 2 aliphatic heterocycles. The molecule has 0 spiro atoms. The molecule has 4 rings (SSSR count). The third-order valence-electron chi connectivity index (χ3n) is 5.03. The van der Waals surface area contributed by atoms with Gasteiger partial charge >= 0.3 is 0 Å². The molecule has 6 nitrogen and oxygen atoms in total. The van der Waals surface area contributed by atoms with Crippen molar-refractivity contribution < 1.29 is 24.1 Å². The lowest BCUT2D eigenvalue weighted by Crippen LogP contribution is -2.49. The van der Waals surface area contributed by atoms with E-state index in [2.05, 4.69) is 0 Å². The summed E-state index contributed by atoms with van der Waals surface area (Å²) in [5.74, 6) is 1.14. The summed E-state index contributed by atoms with van der Waals surface area (Å²) in [7, 11) is 4.59. The first-order chi connectivity index (χ1) is 12.1. The lowest BCUT2D eigenvalue weighted by Gasteiger charge is -2.41. The highest BCUT2D eigenvalue weighted by atomic mass is 16.5. The van der Waals surface area contributed by atoms with Crippen molar-refractivity contribution in [1.82, 2.24) is 4.90 Å². The van der Waals surface area contributed by atoms with Gasteiger partial charge in [0.15, 0.2) is 17.2 Å². The summed E-state index contributed by atoms with van der Waals surface area (Å²) in [6.07, 6.45) is 0.591. The standard InChI is InChI=1S/C19H19NO5/c1-23-14-10-11-8-9-20-18(21)12-6-4-5-7-13(12)19(20,22)15(11)17(25-3)16(14)24-2/h4-7,10,22H,8-9H2,1-3H3. The van der Waals surface area contributed by atoms with Gasteiger partial charge in [0.25, 0.3) is 5.91 Å². The number of benzene rings is 2. The number of hydrogen-bond acceptors (Lipinski definition) is 5. The summed E-state index contributed by atoms with van der Waals surface area (Å²) in [4.78, 5) is 14.3. The van der Waals surface area contributed by atoms with Crippen LogP contribution in [-0.4, -0.2) is 43.8 Å². The second-order valence-electron chi connectivity index (χ2n) is 6.10. The molecule has 0 saturated heterocycles. The summed E-state index contributed by atoms with van der Waals surface area (Å²) in [5.41, 5.74) is 0.905. The van der Waals surface area contributed by atoms with Crippen LogP contribution >= 0.6 is 0 Å². The number of amides is 1. The van der Waals surface area contributed by atoms with E-state index >= 15 is 0 Å². The van der Waals surface area contributed by atoms with Gasteiger partial charge in [-0.15, -0.1) is 0 Å². The van der Waals surface area contributed by atoms with Crippen LogP contribution in [0.15, 0.2) is 30.3 Å².